The third-order valence-corrected chi connectivity index (χ3v) is 2.90. The van der Waals surface area contributed by atoms with Gasteiger partial charge in [0.25, 0.3) is 0 Å². The molecule has 0 radical (unpaired) electrons. The summed E-state index contributed by atoms with van der Waals surface area (Å²) < 4.78 is 0. The van der Waals surface area contributed by atoms with Crippen LogP contribution in [0.2, 0.25) is 0 Å². The fourth-order valence-corrected chi connectivity index (χ4v) is 1.95. The summed E-state index contributed by atoms with van der Waals surface area (Å²) in [5.41, 5.74) is 5.13. The summed E-state index contributed by atoms with van der Waals surface area (Å²) in [6, 6.07) is -0.134. The van der Waals surface area contributed by atoms with Crippen LogP contribution in [0, 0.1) is 5.41 Å². The molecule has 0 aromatic rings. The molecule has 0 aromatic heterocycles. The molecule has 1 fully saturated rings. The van der Waals surface area contributed by atoms with Crippen LogP contribution in [0.5, 0.6) is 0 Å². The normalized spacial score (nSPS) is 37.5. The first-order valence-electron chi connectivity index (χ1n) is 4.12. The molecule has 3 nitrogen and oxygen atoms in total. The maximum absolute atomic E-state index is 10.9. The largest absolute Gasteiger partial charge is 0.481 e. The Morgan fingerprint density at radius 3 is 2.64 bits per heavy atom. The van der Waals surface area contributed by atoms with Gasteiger partial charge in [-0.1, -0.05) is 13.3 Å². The van der Waals surface area contributed by atoms with Gasteiger partial charge in [-0.15, -0.1) is 0 Å². The molecule has 0 saturated heterocycles. The van der Waals surface area contributed by atoms with Crippen LogP contribution in [0.3, 0.4) is 0 Å². The van der Waals surface area contributed by atoms with Crippen molar-refractivity contribution in [2.45, 2.75) is 38.6 Å². The molecule has 1 rings (SSSR count). The Hall–Kier alpha value is -0.570. The van der Waals surface area contributed by atoms with Crippen LogP contribution in [0.4, 0.5) is 0 Å². The van der Waals surface area contributed by atoms with Crippen LogP contribution < -0.4 is 5.73 Å². The summed E-state index contributed by atoms with van der Waals surface area (Å²) in [5.74, 6) is -0.718. The van der Waals surface area contributed by atoms with E-state index in [-0.39, 0.29) is 6.04 Å². The van der Waals surface area contributed by atoms with Crippen molar-refractivity contribution in [2.24, 2.45) is 11.1 Å². The van der Waals surface area contributed by atoms with E-state index in [2.05, 4.69) is 0 Å². The van der Waals surface area contributed by atoms with E-state index in [0.29, 0.717) is 6.42 Å². The number of hydrogen-bond acceptors (Lipinski definition) is 2. The summed E-state index contributed by atoms with van der Waals surface area (Å²) in [6.45, 7) is 1.90. The predicted octanol–water partition coefficient (Wildman–Crippen LogP) is 0.979. The van der Waals surface area contributed by atoms with E-state index in [1.165, 1.54) is 0 Å². The van der Waals surface area contributed by atoms with Gasteiger partial charge in [0.15, 0.2) is 0 Å². The number of hydrogen-bond donors (Lipinski definition) is 2. The second-order valence-electron chi connectivity index (χ2n) is 3.31. The van der Waals surface area contributed by atoms with Gasteiger partial charge in [0.05, 0.1) is 5.41 Å². The lowest BCUT2D eigenvalue weighted by molar-refractivity contribution is -0.149. The number of carboxylic acids is 1. The molecule has 3 N–H and O–H groups in total. The third kappa shape index (κ3) is 1.13. The first-order valence-corrected chi connectivity index (χ1v) is 4.12. The fourth-order valence-electron chi connectivity index (χ4n) is 1.95. The van der Waals surface area contributed by atoms with Crippen molar-refractivity contribution in [2.75, 3.05) is 0 Å². The number of nitrogens with two attached hydrogens (primary N) is 1. The van der Waals surface area contributed by atoms with Crippen molar-refractivity contribution in [3.05, 3.63) is 0 Å². The molecule has 0 heterocycles. The average Bonchev–Trinajstić information content (AvgIpc) is 2.32. The lowest BCUT2D eigenvalue weighted by Crippen LogP contribution is -2.42. The molecular formula is C8H15NO2. The lowest BCUT2D eigenvalue weighted by Gasteiger charge is -2.26. The summed E-state index contributed by atoms with van der Waals surface area (Å²) in [7, 11) is 0. The van der Waals surface area contributed by atoms with Crippen molar-refractivity contribution in [1.82, 2.24) is 0 Å². The maximum atomic E-state index is 10.9. The molecule has 1 aliphatic carbocycles. The summed E-state index contributed by atoms with van der Waals surface area (Å²) in [6.07, 6.45) is 3.23. The average molecular weight is 157 g/mol. The van der Waals surface area contributed by atoms with Crippen LogP contribution in [-0.4, -0.2) is 17.1 Å². The molecular weight excluding hydrogens is 142 g/mol. The van der Waals surface area contributed by atoms with Crippen molar-refractivity contribution in [3.8, 4) is 0 Å². The van der Waals surface area contributed by atoms with E-state index < -0.39 is 11.4 Å². The summed E-state index contributed by atoms with van der Waals surface area (Å²) in [4.78, 5) is 10.9. The smallest absolute Gasteiger partial charge is 0.311 e. The predicted molar refractivity (Wildman–Crippen MR) is 42.2 cm³/mol. The van der Waals surface area contributed by atoms with Crippen molar-refractivity contribution >= 4 is 5.97 Å². The number of rotatable bonds is 2. The zero-order valence-corrected chi connectivity index (χ0v) is 6.84. The van der Waals surface area contributed by atoms with E-state index >= 15 is 0 Å². The SMILES string of the molecule is CC[C@@]1(C(=O)O)CCC[C@@H]1N. The lowest BCUT2D eigenvalue weighted by atomic mass is 9.80. The molecule has 0 unspecified atom stereocenters. The van der Waals surface area contributed by atoms with Gasteiger partial charge in [-0.05, 0) is 19.3 Å². The van der Waals surface area contributed by atoms with E-state index in [0.717, 1.165) is 19.3 Å². The van der Waals surface area contributed by atoms with Crippen LogP contribution in [0.15, 0.2) is 0 Å². The molecule has 64 valence electrons. The monoisotopic (exact) mass is 157 g/mol. The Kier molecular flexibility index (Phi) is 2.18. The highest BCUT2D eigenvalue weighted by Gasteiger charge is 2.45. The zero-order valence-electron chi connectivity index (χ0n) is 6.84. The van der Waals surface area contributed by atoms with Crippen LogP contribution in [0.1, 0.15) is 32.6 Å². The number of carbonyl (C=O) groups is 1. The molecule has 1 aliphatic rings. The molecule has 0 amide bonds. The second-order valence-corrected chi connectivity index (χ2v) is 3.31. The van der Waals surface area contributed by atoms with Gasteiger partial charge in [-0.3, -0.25) is 4.79 Å². The number of aliphatic carboxylic acids is 1. The van der Waals surface area contributed by atoms with Gasteiger partial charge in [-0.25, -0.2) is 0 Å². The van der Waals surface area contributed by atoms with Crippen LogP contribution >= 0.6 is 0 Å². The Bertz CT molecular complexity index is 169. The highest BCUT2D eigenvalue weighted by Crippen LogP contribution is 2.40. The molecule has 0 spiro atoms. The Balaban J connectivity index is 2.82. The van der Waals surface area contributed by atoms with Gasteiger partial charge < -0.3 is 10.8 Å². The molecule has 0 aliphatic heterocycles. The van der Waals surface area contributed by atoms with E-state index in [1.807, 2.05) is 6.92 Å². The van der Waals surface area contributed by atoms with Crippen molar-refractivity contribution in [3.63, 3.8) is 0 Å². The van der Waals surface area contributed by atoms with Crippen molar-refractivity contribution in [1.29, 1.82) is 0 Å². The van der Waals surface area contributed by atoms with Gasteiger partial charge >= 0.3 is 5.97 Å². The Morgan fingerprint density at radius 1 is 1.82 bits per heavy atom. The highest BCUT2D eigenvalue weighted by atomic mass is 16.4. The minimum atomic E-state index is -0.718. The van der Waals surface area contributed by atoms with Crippen molar-refractivity contribution < 1.29 is 9.90 Å². The summed E-state index contributed by atoms with van der Waals surface area (Å²) >= 11 is 0. The second kappa shape index (κ2) is 2.81. The molecule has 2 atom stereocenters. The molecule has 0 bridgehead atoms. The Morgan fingerprint density at radius 2 is 2.45 bits per heavy atom. The highest BCUT2D eigenvalue weighted by molar-refractivity contribution is 5.76. The standard InChI is InChI=1S/C8H15NO2/c1-2-8(7(10)11)5-3-4-6(8)9/h6H,2-5,9H2,1H3,(H,10,11)/t6-,8+/m0/s1. The van der Waals surface area contributed by atoms with Gasteiger partial charge in [0, 0.05) is 6.04 Å². The van der Waals surface area contributed by atoms with E-state index in [4.69, 9.17) is 10.8 Å². The Labute approximate surface area is 66.6 Å². The minimum absolute atomic E-state index is 0.134. The summed E-state index contributed by atoms with van der Waals surface area (Å²) in [5, 5.41) is 8.95. The third-order valence-electron chi connectivity index (χ3n) is 2.90. The van der Waals surface area contributed by atoms with Crippen LogP contribution in [0.25, 0.3) is 0 Å². The molecule has 11 heavy (non-hydrogen) atoms. The molecule has 3 heteroatoms. The molecule has 0 aromatic carbocycles. The first-order chi connectivity index (χ1) is 5.13. The van der Waals surface area contributed by atoms with E-state index in [1.54, 1.807) is 0 Å². The van der Waals surface area contributed by atoms with Gasteiger partial charge in [0.1, 0.15) is 0 Å². The quantitative estimate of drug-likeness (QED) is 0.628. The van der Waals surface area contributed by atoms with Gasteiger partial charge in [0.2, 0.25) is 0 Å². The zero-order chi connectivity index (χ0) is 8.48. The van der Waals surface area contributed by atoms with Gasteiger partial charge in [-0.2, -0.15) is 0 Å². The maximum Gasteiger partial charge on any atom is 0.311 e. The fraction of sp³-hybridized carbons (Fsp3) is 0.875. The van der Waals surface area contributed by atoms with Crippen LogP contribution in [-0.2, 0) is 4.79 Å². The topological polar surface area (TPSA) is 63.3 Å². The molecule has 1 saturated carbocycles. The van der Waals surface area contributed by atoms with E-state index in [9.17, 15) is 4.79 Å². The number of carboxylic acid groups (broad SMARTS) is 1. The first kappa shape index (κ1) is 8.53. The minimum Gasteiger partial charge on any atom is -0.481 e.